The van der Waals surface area contributed by atoms with Crippen LogP contribution in [0, 0.1) is 0 Å². The van der Waals surface area contributed by atoms with Crippen LogP contribution < -0.4 is 4.90 Å². The van der Waals surface area contributed by atoms with Crippen LogP contribution in [0.3, 0.4) is 0 Å². The Bertz CT molecular complexity index is 2690. The lowest BCUT2D eigenvalue weighted by Gasteiger charge is -2.28. The zero-order valence-electron chi connectivity index (χ0n) is 30.1. The van der Waals surface area contributed by atoms with Crippen molar-refractivity contribution in [2.45, 2.75) is 19.3 Å². The second-order valence-corrected chi connectivity index (χ2v) is 14.3. The van der Waals surface area contributed by atoms with Gasteiger partial charge in [0.25, 0.3) is 0 Å². The number of anilines is 3. The molecule has 7 aromatic carbocycles. The fraction of sp³-hybridized carbons (Fsp3) is 0.0588. The molecular formula is C51H40N2. The third kappa shape index (κ3) is 5.60. The minimum Gasteiger partial charge on any atom is -0.316 e. The molecule has 2 heteroatoms. The van der Waals surface area contributed by atoms with Gasteiger partial charge in [-0.2, -0.15) is 0 Å². The van der Waals surface area contributed by atoms with Crippen LogP contribution in [0.4, 0.5) is 17.1 Å². The van der Waals surface area contributed by atoms with Crippen LogP contribution in [0.15, 0.2) is 195 Å². The average molecular weight is 681 g/mol. The van der Waals surface area contributed by atoms with Crippen molar-refractivity contribution < 1.29 is 0 Å². The molecule has 8 aromatic rings. The van der Waals surface area contributed by atoms with Crippen LogP contribution >= 0.6 is 0 Å². The molecule has 0 saturated heterocycles. The van der Waals surface area contributed by atoms with E-state index in [1.54, 1.807) is 6.08 Å². The number of benzene rings is 7. The third-order valence-corrected chi connectivity index (χ3v) is 10.8. The van der Waals surface area contributed by atoms with Crippen molar-refractivity contribution in [3.05, 3.63) is 206 Å². The smallest absolute Gasteiger partial charge is 0.0535 e. The summed E-state index contributed by atoms with van der Waals surface area (Å²) in [7, 11) is 0. The summed E-state index contributed by atoms with van der Waals surface area (Å²) < 4.78 is 2.27. The Balaban J connectivity index is 1.12. The van der Waals surface area contributed by atoms with Gasteiger partial charge in [-0.15, -0.1) is 0 Å². The van der Waals surface area contributed by atoms with Gasteiger partial charge < -0.3 is 9.47 Å². The highest BCUT2D eigenvalue weighted by molar-refractivity contribution is 6.10. The van der Waals surface area contributed by atoms with E-state index in [1.165, 1.54) is 66.3 Å². The van der Waals surface area contributed by atoms with Gasteiger partial charge in [0.05, 0.1) is 11.0 Å². The van der Waals surface area contributed by atoms with E-state index in [9.17, 15) is 0 Å². The molecule has 0 amide bonds. The van der Waals surface area contributed by atoms with Crippen LogP contribution in [0.1, 0.15) is 25.0 Å². The molecule has 0 spiro atoms. The summed E-state index contributed by atoms with van der Waals surface area (Å²) in [5, 5.41) is 2.48. The molecule has 0 unspecified atom stereocenters. The molecule has 0 atom stereocenters. The SMILES string of the molecule is C=C/C=C\C=C/n1c2ccccc2c2cc(-c3ccc(N(c4ccc(-c5ccccc5)cc4)c4ccc5c(c4)C(C)(C)c4ccccc4-5)cc3)ccc21. The number of allylic oxidation sites excluding steroid dienone is 4. The molecule has 1 aromatic heterocycles. The van der Waals surface area contributed by atoms with Gasteiger partial charge in [0.15, 0.2) is 0 Å². The molecule has 0 fully saturated rings. The van der Waals surface area contributed by atoms with E-state index in [-0.39, 0.29) is 5.41 Å². The van der Waals surface area contributed by atoms with Gasteiger partial charge in [-0.1, -0.05) is 148 Å². The maximum absolute atomic E-state index is 3.79. The van der Waals surface area contributed by atoms with Crippen molar-refractivity contribution >= 4 is 45.1 Å². The van der Waals surface area contributed by atoms with Crippen molar-refractivity contribution in [1.29, 1.82) is 0 Å². The fourth-order valence-electron chi connectivity index (χ4n) is 8.14. The summed E-state index contributed by atoms with van der Waals surface area (Å²) in [5.74, 6) is 0. The molecule has 1 aliphatic rings. The summed E-state index contributed by atoms with van der Waals surface area (Å²) in [6, 6.07) is 59.8. The van der Waals surface area contributed by atoms with E-state index in [0.717, 1.165) is 17.1 Å². The van der Waals surface area contributed by atoms with Gasteiger partial charge in [-0.05, 0) is 105 Å². The van der Waals surface area contributed by atoms with Gasteiger partial charge in [0.2, 0.25) is 0 Å². The monoisotopic (exact) mass is 680 g/mol. The molecule has 1 aliphatic carbocycles. The second kappa shape index (κ2) is 13.2. The lowest BCUT2D eigenvalue weighted by Crippen LogP contribution is -2.16. The number of aromatic nitrogens is 1. The highest BCUT2D eigenvalue weighted by atomic mass is 15.1. The largest absolute Gasteiger partial charge is 0.316 e. The first-order valence-corrected chi connectivity index (χ1v) is 18.3. The first-order valence-electron chi connectivity index (χ1n) is 18.3. The van der Waals surface area contributed by atoms with Gasteiger partial charge >= 0.3 is 0 Å². The lowest BCUT2D eigenvalue weighted by molar-refractivity contribution is 0.660. The summed E-state index contributed by atoms with van der Waals surface area (Å²) in [4.78, 5) is 2.39. The minimum absolute atomic E-state index is 0.0888. The number of rotatable bonds is 8. The van der Waals surface area contributed by atoms with Crippen LogP contribution in [0.2, 0.25) is 0 Å². The molecule has 0 saturated carbocycles. The fourth-order valence-corrected chi connectivity index (χ4v) is 8.14. The maximum atomic E-state index is 3.79. The third-order valence-electron chi connectivity index (χ3n) is 10.8. The Hall–Kier alpha value is -6.64. The molecule has 1 heterocycles. The molecule has 0 aliphatic heterocycles. The number of fused-ring (bicyclic) bond motifs is 6. The minimum atomic E-state index is -0.0888. The van der Waals surface area contributed by atoms with Crippen molar-refractivity contribution in [2.24, 2.45) is 0 Å². The van der Waals surface area contributed by atoms with Gasteiger partial charge in [-0.25, -0.2) is 0 Å². The maximum Gasteiger partial charge on any atom is 0.0535 e. The molecule has 9 rings (SSSR count). The van der Waals surface area contributed by atoms with Crippen molar-refractivity contribution in [1.82, 2.24) is 4.57 Å². The topological polar surface area (TPSA) is 8.17 Å². The van der Waals surface area contributed by atoms with Gasteiger partial charge in [-0.3, -0.25) is 0 Å². The van der Waals surface area contributed by atoms with Crippen LogP contribution in [0.25, 0.3) is 61.4 Å². The van der Waals surface area contributed by atoms with Crippen molar-refractivity contribution in [3.8, 4) is 33.4 Å². The zero-order valence-corrected chi connectivity index (χ0v) is 30.1. The molecule has 2 nitrogen and oxygen atoms in total. The second-order valence-electron chi connectivity index (χ2n) is 14.3. The summed E-state index contributed by atoms with van der Waals surface area (Å²) in [5.41, 5.74) is 15.9. The molecular weight excluding hydrogens is 641 g/mol. The van der Waals surface area contributed by atoms with E-state index in [1.807, 2.05) is 12.2 Å². The zero-order chi connectivity index (χ0) is 35.9. The molecule has 254 valence electrons. The molecule has 53 heavy (non-hydrogen) atoms. The molecule has 0 radical (unpaired) electrons. The highest BCUT2D eigenvalue weighted by Crippen LogP contribution is 2.50. The highest BCUT2D eigenvalue weighted by Gasteiger charge is 2.35. The number of nitrogens with zero attached hydrogens (tertiary/aromatic N) is 2. The van der Waals surface area contributed by atoms with Crippen LogP contribution in [0.5, 0.6) is 0 Å². The lowest BCUT2D eigenvalue weighted by atomic mass is 9.82. The first kappa shape index (κ1) is 32.3. The van der Waals surface area contributed by atoms with E-state index in [2.05, 4.69) is 206 Å². The number of para-hydroxylation sites is 1. The first-order chi connectivity index (χ1) is 26.0. The average Bonchev–Trinajstić information content (AvgIpc) is 3.65. The Morgan fingerprint density at radius 2 is 1.06 bits per heavy atom. The van der Waals surface area contributed by atoms with E-state index in [4.69, 9.17) is 0 Å². The van der Waals surface area contributed by atoms with Gasteiger partial charge in [0, 0.05) is 39.4 Å². The summed E-state index contributed by atoms with van der Waals surface area (Å²) in [6.45, 7) is 8.48. The normalized spacial score (nSPS) is 13.2. The predicted octanol–water partition coefficient (Wildman–Crippen LogP) is 14.1. The van der Waals surface area contributed by atoms with Crippen molar-refractivity contribution in [2.75, 3.05) is 4.90 Å². The van der Waals surface area contributed by atoms with E-state index in [0.29, 0.717) is 0 Å². The Morgan fingerprint density at radius 1 is 0.472 bits per heavy atom. The summed E-state index contributed by atoms with van der Waals surface area (Å²) in [6.07, 6.45) is 9.92. The quantitative estimate of drug-likeness (QED) is 0.145. The standard InChI is InChI=1S/C51H40N2/c1-4-5-6-14-33-52-49-20-13-11-18-45(49)46-34-39(25-32-50(46)52)38-23-28-41(29-24-38)53(40-26-21-37(22-27-40)36-15-8-7-9-16-36)42-30-31-44-43-17-10-12-19-47(43)51(2,3)48(44)35-42/h4-35H,1H2,2-3H3/b6-5-,33-14-. The Labute approximate surface area is 311 Å². The van der Waals surface area contributed by atoms with Crippen molar-refractivity contribution in [3.63, 3.8) is 0 Å². The number of hydrogen-bond acceptors (Lipinski definition) is 1. The van der Waals surface area contributed by atoms with Gasteiger partial charge in [0.1, 0.15) is 0 Å². The predicted molar refractivity (Wildman–Crippen MR) is 227 cm³/mol. The molecule has 0 N–H and O–H groups in total. The Kier molecular flexibility index (Phi) is 8.01. The molecule has 0 bridgehead atoms. The van der Waals surface area contributed by atoms with E-state index >= 15 is 0 Å². The van der Waals surface area contributed by atoms with E-state index < -0.39 is 0 Å². The number of hydrogen-bond donors (Lipinski definition) is 0. The van der Waals surface area contributed by atoms with Crippen LogP contribution in [-0.4, -0.2) is 4.57 Å². The van der Waals surface area contributed by atoms with Crippen LogP contribution in [-0.2, 0) is 5.41 Å². The summed E-state index contributed by atoms with van der Waals surface area (Å²) >= 11 is 0. The Morgan fingerprint density at radius 3 is 1.81 bits per heavy atom.